The molecule has 0 atom stereocenters. The number of ether oxygens (including phenoxy) is 1. The van der Waals surface area contributed by atoms with Gasteiger partial charge >= 0.3 is 0 Å². The lowest BCUT2D eigenvalue weighted by Crippen LogP contribution is -2.28. The normalized spacial score (nSPS) is 10.1. The Morgan fingerprint density at radius 1 is 1.50 bits per heavy atom. The van der Waals surface area contributed by atoms with Crippen LogP contribution in [0.3, 0.4) is 0 Å². The Bertz CT molecular complexity index is 418. The Kier molecular flexibility index (Phi) is 6.08. The summed E-state index contributed by atoms with van der Waals surface area (Å²) < 4.78 is 18.9. The van der Waals surface area contributed by atoms with Crippen LogP contribution in [0, 0.1) is 12.7 Å². The van der Waals surface area contributed by atoms with Gasteiger partial charge in [-0.3, -0.25) is 4.79 Å². The van der Waals surface area contributed by atoms with Crippen LogP contribution in [-0.4, -0.2) is 25.7 Å². The molecule has 0 heterocycles. The Labute approximate surface area is 107 Å². The fourth-order valence-corrected chi connectivity index (χ4v) is 1.42. The molecule has 4 heteroatoms. The van der Waals surface area contributed by atoms with Gasteiger partial charge in [-0.2, -0.15) is 0 Å². The molecule has 0 spiro atoms. The molecule has 3 nitrogen and oxygen atoms in total. The van der Waals surface area contributed by atoms with Crippen LogP contribution in [0.5, 0.6) is 0 Å². The third-order valence-electron chi connectivity index (χ3n) is 2.43. The maximum atomic E-state index is 13.6. The van der Waals surface area contributed by atoms with Crippen molar-refractivity contribution in [3.8, 4) is 0 Å². The summed E-state index contributed by atoms with van der Waals surface area (Å²) in [4.78, 5) is 11.7. The van der Waals surface area contributed by atoms with Crippen molar-refractivity contribution in [1.29, 1.82) is 0 Å². The lowest BCUT2D eigenvalue weighted by atomic mass is 10.1. The Morgan fingerprint density at radius 3 is 3.00 bits per heavy atom. The minimum atomic E-state index is -0.470. The minimum Gasteiger partial charge on any atom is -0.379 e. The van der Waals surface area contributed by atoms with Crippen LogP contribution in [-0.2, 0) is 4.74 Å². The lowest BCUT2D eigenvalue weighted by Gasteiger charge is -2.07. The van der Waals surface area contributed by atoms with E-state index in [2.05, 4.69) is 11.9 Å². The number of amides is 1. The number of hydrogen-bond donors (Lipinski definition) is 1. The second-order valence-electron chi connectivity index (χ2n) is 3.88. The molecule has 0 aliphatic carbocycles. The molecule has 0 fully saturated rings. The number of carbonyl (C=O) groups excluding carboxylic acids is 1. The van der Waals surface area contributed by atoms with E-state index in [-0.39, 0.29) is 5.56 Å². The monoisotopic (exact) mass is 251 g/mol. The van der Waals surface area contributed by atoms with Gasteiger partial charge in [-0.25, -0.2) is 4.39 Å². The zero-order valence-electron chi connectivity index (χ0n) is 10.5. The van der Waals surface area contributed by atoms with E-state index in [1.807, 2.05) is 0 Å². The maximum Gasteiger partial charge on any atom is 0.254 e. The largest absolute Gasteiger partial charge is 0.379 e. The number of carbonyl (C=O) groups is 1. The molecular weight excluding hydrogens is 233 g/mol. The quantitative estimate of drug-likeness (QED) is 0.597. The van der Waals surface area contributed by atoms with Crippen molar-refractivity contribution in [3.05, 3.63) is 47.8 Å². The molecule has 0 aliphatic heterocycles. The zero-order chi connectivity index (χ0) is 13.4. The zero-order valence-corrected chi connectivity index (χ0v) is 10.5. The van der Waals surface area contributed by atoms with Crippen LogP contribution in [0.15, 0.2) is 30.9 Å². The molecule has 0 unspecified atom stereocenters. The highest BCUT2D eigenvalue weighted by Crippen LogP contribution is 2.11. The Hall–Kier alpha value is -1.68. The summed E-state index contributed by atoms with van der Waals surface area (Å²) in [5, 5.41) is 2.61. The van der Waals surface area contributed by atoms with E-state index in [9.17, 15) is 9.18 Å². The molecule has 0 saturated carbocycles. The number of aryl methyl sites for hydroxylation is 1. The first kappa shape index (κ1) is 14.4. The second kappa shape index (κ2) is 7.61. The lowest BCUT2D eigenvalue weighted by molar-refractivity contribution is 0.0914. The summed E-state index contributed by atoms with van der Waals surface area (Å²) in [6.45, 7) is 6.56. The SMILES string of the molecule is C=CCCOCCNC(=O)c1cccc(C)c1F. The molecule has 1 N–H and O–H groups in total. The minimum absolute atomic E-state index is 0.0705. The average molecular weight is 251 g/mol. The van der Waals surface area contributed by atoms with E-state index in [1.54, 1.807) is 25.1 Å². The average Bonchev–Trinajstić information content (AvgIpc) is 2.36. The van der Waals surface area contributed by atoms with Gasteiger partial charge in [-0.1, -0.05) is 18.2 Å². The van der Waals surface area contributed by atoms with Crippen LogP contribution in [0.2, 0.25) is 0 Å². The molecule has 0 aromatic heterocycles. The standard InChI is InChI=1S/C14H18FNO2/c1-3-4-9-18-10-8-16-14(17)12-7-5-6-11(2)13(12)15/h3,5-7H,1,4,8-10H2,2H3,(H,16,17). The van der Waals surface area contributed by atoms with Crippen LogP contribution >= 0.6 is 0 Å². The predicted molar refractivity (Wildman–Crippen MR) is 69.1 cm³/mol. The van der Waals surface area contributed by atoms with Gasteiger partial charge in [-0.15, -0.1) is 6.58 Å². The maximum absolute atomic E-state index is 13.6. The highest BCUT2D eigenvalue weighted by atomic mass is 19.1. The van der Waals surface area contributed by atoms with Crippen molar-refractivity contribution >= 4 is 5.91 Å². The van der Waals surface area contributed by atoms with Gasteiger partial charge in [0.1, 0.15) is 5.82 Å². The smallest absolute Gasteiger partial charge is 0.254 e. The van der Waals surface area contributed by atoms with E-state index in [0.717, 1.165) is 6.42 Å². The van der Waals surface area contributed by atoms with Crippen molar-refractivity contribution in [2.45, 2.75) is 13.3 Å². The molecule has 1 aromatic rings. The van der Waals surface area contributed by atoms with Gasteiger partial charge in [-0.05, 0) is 25.0 Å². The van der Waals surface area contributed by atoms with Crippen LogP contribution < -0.4 is 5.32 Å². The highest BCUT2D eigenvalue weighted by Gasteiger charge is 2.12. The third-order valence-corrected chi connectivity index (χ3v) is 2.43. The van der Waals surface area contributed by atoms with Crippen molar-refractivity contribution < 1.29 is 13.9 Å². The van der Waals surface area contributed by atoms with Crippen molar-refractivity contribution in [1.82, 2.24) is 5.32 Å². The molecule has 1 amide bonds. The number of rotatable bonds is 7. The fourth-order valence-electron chi connectivity index (χ4n) is 1.42. The molecular formula is C14H18FNO2. The molecule has 1 rings (SSSR count). The van der Waals surface area contributed by atoms with E-state index in [4.69, 9.17) is 4.74 Å². The van der Waals surface area contributed by atoms with Gasteiger partial charge < -0.3 is 10.1 Å². The van der Waals surface area contributed by atoms with E-state index >= 15 is 0 Å². The van der Waals surface area contributed by atoms with Gasteiger partial charge in [0.05, 0.1) is 18.8 Å². The molecule has 0 bridgehead atoms. The third kappa shape index (κ3) is 4.30. The van der Waals surface area contributed by atoms with Gasteiger partial charge in [0.15, 0.2) is 0 Å². The fraction of sp³-hybridized carbons (Fsp3) is 0.357. The number of halogens is 1. The highest BCUT2D eigenvalue weighted by molar-refractivity contribution is 5.94. The first-order chi connectivity index (χ1) is 8.66. The first-order valence-corrected chi connectivity index (χ1v) is 5.88. The molecule has 0 saturated heterocycles. The molecule has 18 heavy (non-hydrogen) atoms. The van der Waals surface area contributed by atoms with Gasteiger partial charge in [0, 0.05) is 6.54 Å². The molecule has 98 valence electrons. The number of nitrogens with one attached hydrogen (secondary N) is 1. The molecule has 0 aliphatic rings. The molecule has 0 radical (unpaired) electrons. The summed E-state index contributed by atoms with van der Waals surface area (Å²) in [6, 6.07) is 4.76. The summed E-state index contributed by atoms with van der Waals surface area (Å²) in [5.74, 6) is -0.883. The summed E-state index contributed by atoms with van der Waals surface area (Å²) >= 11 is 0. The van der Waals surface area contributed by atoms with Crippen molar-refractivity contribution in [3.63, 3.8) is 0 Å². The van der Waals surface area contributed by atoms with E-state index < -0.39 is 11.7 Å². The van der Waals surface area contributed by atoms with Gasteiger partial charge in [0.25, 0.3) is 5.91 Å². The number of benzene rings is 1. The second-order valence-corrected chi connectivity index (χ2v) is 3.88. The Morgan fingerprint density at radius 2 is 2.28 bits per heavy atom. The van der Waals surface area contributed by atoms with Crippen molar-refractivity contribution in [2.75, 3.05) is 19.8 Å². The first-order valence-electron chi connectivity index (χ1n) is 5.88. The summed E-state index contributed by atoms with van der Waals surface area (Å²) in [6.07, 6.45) is 2.54. The topological polar surface area (TPSA) is 38.3 Å². The predicted octanol–water partition coefficient (Wildman–Crippen LogP) is 2.46. The Balaban J connectivity index is 2.37. The summed E-state index contributed by atoms with van der Waals surface area (Å²) in [5.41, 5.74) is 0.533. The van der Waals surface area contributed by atoms with Crippen LogP contribution in [0.4, 0.5) is 4.39 Å². The van der Waals surface area contributed by atoms with E-state index in [1.165, 1.54) is 6.07 Å². The van der Waals surface area contributed by atoms with E-state index in [0.29, 0.717) is 25.3 Å². The number of hydrogen-bond acceptors (Lipinski definition) is 2. The van der Waals surface area contributed by atoms with Crippen molar-refractivity contribution in [2.24, 2.45) is 0 Å². The summed E-state index contributed by atoms with van der Waals surface area (Å²) in [7, 11) is 0. The van der Waals surface area contributed by atoms with Crippen LogP contribution in [0.25, 0.3) is 0 Å². The van der Waals surface area contributed by atoms with Crippen LogP contribution in [0.1, 0.15) is 22.3 Å². The molecule has 1 aromatic carbocycles. The van der Waals surface area contributed by atoms with Gasteiger partial charge in [0.2, 0.25) is 0 Å².